The Hall–Kier alpha value is -7.63. The first-order valence-electron chi connectivity index (χ1n) is 18.8. The van der Waals surface area contributed by atoms with E-state index in [1.54, 1.807) is 0 Å². The molecular weight excluding hydrogens is 687 g/mol. The van der Waals surface area contributed by atoms with Crippen molar-refractivity contribution in [2.75, 3.05) is 0 Å². The highest BCUT2D eigenvalue weighted by Crippen LogP contribution is 2.44. The van der Waals surface area contributed by atoms with Gasteiger partial charge in [0.25, 0.3) is 0 Å². The first kappa shape index (κ1) is 30.8. The Balaban J connectivity index is 1.11. The number of hydrogen-bond donors (Lipinski definition) is 0. The summed E-state index contributed by atoms with van der Waals surface area (Å²) in [4.78, 5) is 15.5. The zero-order chi connectivity index (χ0) is 36.7. The van der Waals surface area contributed by atoms with Gasteiger partial charge in [-0.1, -0.05) is 146 Å². The Morgan fingerprint density at radius 3 is 1.70 bits per heavy atom. The van der Waals surface area contributed by atoms with Crippen LogP contribution in [-0.4, -0.2) is 15.0 Å². The first-order valence-corrected chi connectivity index (χ1v) is 18.8. The molecule has 0 aliphatic rings. The second-order valence-corrected chi connectivity index (χ2v) is 14.3. The summed E-state index contributed by atoms with van der Waals surface area (Å²) in [6.45, 7) is 0. The quantitative estimate of drug-likeness (QED) is 0.170. The molecule has 12 rings (SSSR count). The zero-order valence-electron chi connectivity index (χ0n) is 29.9. The molecule has 5 heteroatoms. The summed E-state index contributed by atoms with van der Waals surface area (Å²) in [5.74, 6) is 1.74. The molecule has 3 heterocycles. The third kappa shape index (κ3) is 4.64. The van der Waals surface area contributed by atoms with E-state index in [1.165, 1.54) is 21.5 Å². The Labute approximate surface area is 320 Å². The van der Waals surface area contributed by atoms with Gasteiger partial charge < -0.3 is 8.83 Å². The van der Waals surface area contributed by atoms with E-state index in [0.29, 0.717) is 17.5 Å². The smallest absolute Gasteiger partial charge is 0.164 e. The topological polar surface area (TPSA) is 65.0 Å². The van der Waals surface area contributed by atoms with Gasteiger partial charge in [0.15, 0.2) is 17.5 Å². The average molecular weight is 716 g/mol. The van der Waals surface area contributed by atoms with Crippen molar-refractivity contribution < 1.29 is 8.83 Å². The van der Waals surface area contributed by atoms with E-state index in [0.717, 1.165) is 82.5 Å². The van der Waals surface area contributed by atoms with Crippen molar-refractivity contribution in [1.82, 2.24) is 15.0 Å². The van der Waals surface area contributed by atoms with Gasteiger partial charge in [0.2, 0.25) is 0 Å². The molecule has 0 spiro atoms. The fourth-order valence-corrected chi connectivity index (χ4v) is 8.58. The minimum Gasteiger partial charge on any atom is -0.456 e. The van der Waals surface area contributed by atoms with Crippen molar-refractivity contribution in [3.05, 3.63) is 176 Å². The number of hydrogen-bond acceptors (Lipinski definition) is 5. The number of benzene rings is 9. The Kier molecular flexibility index (Phi) is 6.56. The fourth-order valence-electron chi connectivity index (χ4n) is 8.58. The lowest BCUT2D eigenvalue weighted by atomic mass is 9.92. The van der Waals surface area contributed by atoms with E-state index in [4.69, 9.17) is 23.8 Å². The number of nitrogens with zero attached hydrogens (tertiary/aromatic N) is 3. The molecule has 0 amide bonds. The Morgan fingerprint density at radius 1 is 0.286 bits per heavy atom. The third-order valence-electron chi connectivity index (χ3n) is 11.1. The summed E-state index contributed by atoms with van der Waals surface area (Å²) in [6.07, 6.45) is 0. The zero-order valence-corrected chi connectivity index (χ0v) is 29.9. The standard InChI is InChI=1S/C51H29N3O2/c1-2-13-31(14-3-1)49-52-50(39-19-10-22-43-46(39)38-18-8-9-21-42(38)55-43)54-51(53-49)40-20-11-23-44-48(40)47-37-17-7-6-16-36(37)41(29-45(47)56-44)33-26-27-35-32(28-33)25-24-30-12-4-5-15-34(30)35/h1-29H. The maximum Gasteiger partial charge on any atom is 0.164 e. The molecule has 0 aliphatic heterocycles. The van der Waals surface area contributed by atoms with Crippen LogP contribution in [0.3, 0.4) is 0 Å². The van der Waals surface area contributed by atoms with Gasteiger partial charge in [-0.15, -0.1) is 0 Å². The molecule has 0 aliphatic carbocycles. The third-order valence-corrected chi connectivity index (χ3v) is 11.1. The second-order valence-electron chi connectivity index (χ2n) is 14.3. The molecule has 0 bridgehead atoms. The van der Waals surface area contributed by atoms with Crippen molar-refractivity contribution >= 4 is 76.2 Å². The SMILES string of the molecule is c1ccc(-c2nc(-c3cccc4oc5ccccc5c34)nc(-c3cccc4oc5cc(-c6ccc7c(ccc8ccccc87)c6)c6ccccc6c5c34)n2)cc1. The molecule has 0 radical (unpaired) electrons. The van der Waals surface area contributed by atoms with Gasteiger partial charge in [-0.05, 0) is 73.8 Å². The van der Waals surface area contributed by atoms with Crippen LogP contribution >= 0.6 is 0 Å². The van der Waals surface area contributed by atoms with E-state index >= 15 is 0 Å². The van der Waals surface area contributed by atoms with Gasteiger partial charge in [0.05, 0.1) is 0 Å². The van der Waals surface area contributed by atoms with Gasteiger partial charge in [0.1, 0.15) is 22.3 Å². The molecule has 0 saturated heterocycles. The fraction of sp³-hybridized carbons (Fsp3) is 0. The van der Waals surface area contributed by atoms with Gasteiger partial charge in [-0.2, -0.15) is 0 Å². The van der Waals surface area contributed by atoms with Crippen LogP contribution in [0.2, 0.25) is 0 Å². The molecule has 56 heavy (non-hydrogen) atoms. The second kappa shape index (κ2) is 11.9. The predicted molar refractivity (Wildman–Crippen MR) is 229 cm³/mol. The summed E-state index contributed by atoms with van der Waals surface area (Å²) < 4.78 is 13.0. The van der Waals surface area contributed by atoms with E-state index in [9.17, 15) is 0 Å². The summed E-state index contributed by atoms with van der Waals surface area (Å²) in [5, 5.41) is 11.2. The molecular formula is C51H29N3O2. The molecule has 12 aromatic rings. The van der Waals surface area contributed by atoms with Gasteiger partial charge in [-0.25, -0.2) is 15.0 Å². The van der Waals surface area contributed by atoms with Crippen molar-refractivity contribution in [2.45, 2.75) is 0 Å². The predicted octanol–water partition coefficient (Wildman–Crippen LogP) is 13.8. The number of furan rings is 2. The van der Waals surface area contributed by atoms with E-state index in [-0.39, 0.29) is 0 Å². The molecule has 9 aromatic carbocycles. The minimum atomic E-state index is 0.571. The van der Waals surface area contributed by atoms with E-state index in [2.05, 4.69) is 103 Å². The highest BCUT2D eigenvalue weighted by Gasteiger charge is 2.22. The first-order chi connectivity index (χ1) is 27.7. The molecule has 260 valence electrons. The van der Waals surface area contributed by atoms with Crippen molar-refractivity contribution in [2.24, 2.45) is 0 Å². The highest BCUT2D eigenvalue weighted by atomic mass is 16.3. The van der Waals surface area contributed by atoms with Crippen molar-refractivity contribution in [1.29, 1.82) is 0 Å². The number of fused-ring (bicyclic) bond motifs is 11. The Bertz CT molecular complexity index is 3550. The average Bonchev–Trinajstić information content (AvgIpc) is 3.85. The summed E-state index contributed by atoms with van der Waals surface area (Å²) in [6, 6.07) is 61.0. The van der Waals surface area contributed by atoms with Gasteiger partial charge in [-0.3, -0.25) is 0 Å². The molecule has 0 saturated carbocycles. The number of para-hydroxylation sites is 1. The summed E-state index contributed by atoms with van der Waals surface area (Å²) in [7, 11) is 0. The van der Waals surface area contributed by atoms with Gasteiger partial charge >= 0.3 is 0 Å². The normalized spacial score (nSPS) is 11.9. The summed E-state index contributed by atoms with van der Waals surface area (Å²) in [5.41, 5.74) is 8.13. The Morgan fingerprint density at radius 2 is 0.875 bits per heavy atom. The molecule has 5 nitrogen and oxygen atoms in total. The van der Waals surface area contributed by atoms with Crippen LogP contribution in [0.15, 0.2) is 185 Å². The number of aromatic nitrogens is 3. The van der Waals surface area contributed by atoms with E-state index in [1.807, 2.05) is 72.8 Å². The lowest BCUT2D eigenvalue weighted by molar-refractivity contribution is 0.669. The molecule has 0 fully saturated rings. The largest absolute Gasteiger partial charge is 0.456 e. The van der Waals surface area contributed by atoms with Crippen LogP contribution in [-0.2, 0) is 0 Å². The molecule has 0 N–H and O–H groups in total. The van der Waals surface area contributed by atoms with E-state index < -0.39 is 0 Å². The van der Waals surface area contributed by atoms with Crippen LogP contribution in [0.25, 0.3) is 121 Å². The van der Waals surface area contributed by atoms with Crippen LogP contribution in [0.4, 0.5) is 0 Å². The maximum absolute atomic E-state index is 6.77. The lowest BCUT2D eigenvalue weighted by Crippen LogP contribution is -2.00. The van der Waals surface area contributed by atoms with Crippen LogP contribution in [0.5, 0.6) is 0 Å². The van der Waals surface area contributed by atoms with Crippen LogP contribution < -0.4 is 0 Å². The van der Waals surface area contributed by atoms with Crippen molar-refractivity contribution in [3.63, 3.8) is 0 Å². The van der Waals surface area contributed by atoms with Gasteiger partial charge in [0, 0.05) is 38.2 Å². The molecule has 0 unspecified atom stereocenters. The summed E-state index contributed by atoms with van der Waals surface area (Å²) >= 11 is 0. The maximum atomic E-state index is 6.77. The number of rotatable bonds is 4. The minimum absolute atomic E-state index is 0.571. The van der Waals surface area contributed by atoms with Crippen LogP contribution in [0.1, 0.15) is 0 Å². The molecule has 3 aromatic heterocycles. The monoisotopic (exact) mass is 715 g/mol. The van der Waals surface area contributed by atoms with Crippen LogP contribution in [0, 0.1) is 0 Å². The van der Waals surface area contributed by atoms with Crippen molar-refractivity contribution in [3.8, 4) is 45.3 Å². The highest BCUT2D eigenvalue weighted by molar-refractivity contribution is 6.25. The lowest BCUT2D eigenvalue weighted by Gasteiger charge is -2.12. The molecule has 0 atom stereocenters.